The fourth-order valence-corrected chi connectivity index (χ4v) is 5.11. The van der Waals surface area contributed by atoms with E-state index >= 15 is 0 Å². The third kappa shape index (κ3) is 5.39. The molecule has 2 saturated heterocycles. The summed E-state index contributed by atoms with van der Waals surface area (Å²) in [5.74, 6) is 0.332. The maximum Gasteiger partial charge on any atom is 0.254 e. The summed E-state index contributed by atoms with van der Waals surface area (Å²) in [5, 5.41) is 14.0. The molecule has 0 saturated carbocycles. The predicted molar refractivity (Wildman–Crippen MR) is 153 cm³/mol. The number of hydrogen-bond donors (Lipinski definition) is 3. The third-order valence-electron chi connectivity index (χ3n) is 6.85. The van der Waals surface area contributed by atoms with Crippen LogP contribution in [0.3, 0.4) is 0 Å². The standard InChI is InChI=1S/C29H26ClN7O3/c30-21-7-5-9-23(15-21)32-24-16-25(33-22-8-4-6-18(13-22)29(40)36-10-2-1-3-11-36)37-27(34-24)20(17-31-37)12-19-14-26(38)35-28(19)39/h4-9,12-13,15-17,33H,1-3,10-11,14H2,(H,32,34)(H,35,38,39)/b19-12+. The molecule has 11 heteroatoms. The van der Waals surface area contributed by atoms with Crippen LogP contribution in [0.2, 0.25) is 5.02 Å². The maximum absolute atomic E-state index is 13.1. The van der Waals surface area contributed by atoms with Crippen LogP contribution < -0.4 is 16.0 Å². The summed E-state index contributed by atoms with van der Waals surface area (Å²) in [6.45, 7) is 1.55. The van der Waals surface area contributed by atoms with Crippen LogP contribution in [-0.2, 0) is 9.59 Å². The van der Waals surface area contributed by atoms with Crippen LogP contribution in [0.25, 0.3) is 11.7 Å². The number of carbonyl (C=O) groups excluding carboxylic acids is 3. The first-order chi connectivity index (χ1) is 19.4. The van der Waals surface area contributed by atoms with Gasteiger partial charge in [0.15, 0.2) is 5.65 Å². The first kappa shape index (κ1) is 25.6. The van der Waals surface area contributed by atoms with Gasteiger partial charge in [0.25, 0.3) is 11.8 Å². The Labute approximate surface area is 235 Å². The van der Waals surface area contributed by atoms with Gasteiger partial charge < -0.3 is 15.5 Å². The molecule has 6 rings (SSSR count). The van der Waals surface area contributed by atoms with E-state index in [1.807, 2.05) is 41.3 Å². The van der Waals surface area contributed by atoms with E-state index in [9.17, 15) is 14.4 Å². The molecule has 2 aromatic heterocycles. The zero-order chi connectivity index (χ0) is 27.6. The second-order valence-electron chi connectivity index (χ2n) is 9.78. The highest BCUT2D eigenvalue weighted by molar-refractivity contribution is 6.30. The molecule has 0 aliphatic carbocycles. The summed E-state index contributed by atoms with van der Waals surface area (Å²) in [6.07, 6.45) is 6.41. The smallest absolute Gasteiger partial charge is 0.254 e. The van der Waals surface area contributed by atoms with Crippen molar-refractivity contribution in [1.29, 1.82) is 0 Å². The Hall–Kier alpha value is -4.70. The number of nitrogens with zero attached hydrogens (tertiary/aromatic N) is 4. The second-order valence-corrected chi connectivity index (χ2v) is 10.2. The largest absolute Gasteiger partial charge is 0.340 e. The SMILES string of the molecule is O=C1C/C(=C\c2cnn3c(Nc4cccc(C(=O)N5CCCCC5)c4)cc(Nc4cccc(Cl)c4)nc23)C(=O)N1. The predicted octanol–water partition coefficient (Wildman–Crippen LogP) is 4.93. The van der Waals surface area contributed by atoms with Crippen LogP contribution in [-0.4, -0.2) is 50.3 Å². The molecule has 0 spiro atoms. The highest BCUT2D eigenvalue weighted by Gasteiger charge is 2.25. The normalized spacial score (nSPS) is 16.4. The molecule has 2 aliphatic heterocycles. The summed E-state index contributed by atoms with van der Waals surface area (Å²) in [7, 11) is 0. The fourth-order valence-electron chi connectivity index (χ4n) is 4.91. The van der Waals surface area contributed by atoms with Crippen molar-refractivity contribution >= 4 is 64.1 Å². The number of likely N-dealkylation sites (tertiary alicyclic amines) is 1. The van der Waals surface area contributed by atoms with Gasteiger partial charge in [0, 0.05) is 52.3 Å². The van der Waals surface area contributed by atoms with Crippen molar-refractivity contribution in [2.75, 3.05) is 23.7 Å². The number of fused-ring (bicyclic) bond motifs is 1. The molecule has 2 aromatic carbocycles. The lowest BCUT2D eigenvalue weighted by atomic mass is 10.1. The van der Waals surface area contributed by atoms with E-state index in [0.29, 0.717) is 44.7 Å². The molecule has 3 N–H and O–H groups in total. The number of piperidine rings is 1. The summed E-state index contributed by atoms with van der Waals surface area (Å²) >= 11 is 6.18. The number of nitrogens with one attached hydrogen (secondary N) is 3. The highest BCUT2D eigenvalue weighted by Crippen LogP contribution is 2.28. The van der Waals surface area contributed by atoms with E-state index in [2.05, 4.69) is 21.0 Å². The Bertz CT molecular complexity index is 1670. The van der Waals surface area contributed by atoms with Crippen molar-refractivity contribution in [1.82, 2.24) is 24.8 Å². The lowest BCUT2D eigenvalue weighted by Gasteiger charge is -2.26. The number of anilines is 4. The monoisotopic (exact) mass is 555 g/mol. The quantitative estimate of drug-likeness (QED) is 0.228. The van der Waals surface area contributed by atoms with Crippen LogP contribution in [0.4, 0.5) is 23.0 Å². The third-order valence-corrected chi connectivity index (χ3v) is 7.08. The van der Waals surface area contributed by atoms with Gasteiger partial charge >= 0.3 is 0 Å². The molecular formula is C29H26ClN7O3. The Balaban J connectivity index is 1.37. The van der Waals surface area contributed by atoms with E-state index in [1.165, 1.54) is 0 Å². The number of imide groups is 1. The highest BCUT2D eigenvalue weighted by atomic mass is 35.5. The molecule has 3 amide bonds. The number of hydrogen-bond acceptors (Lipinski definition) is 7. The van der Waals surface area contributed by atoms with E-state index in [0.717, 1.165) is 38.0 Å². The van der Waals surface area contributed by atoms with E-state index < -0.39 is 5.91 Å². The molecule has 0 bridgehead atoms. The number of carbonyl (C=O) groups is 3. The van der Waals surface area contributed by atoms with Gasteiger partial charge in [-0.15, -0.1) is 0 Å². The number of halogens is 1. The van der Waals surface area contributed by atoms with E-state index in [-0.39, 0.29) is 18.2 Å². The van der Waals surface area contributed by atoms with Crippen LogP contribution in [0, 0.1) is 0 Å². The number of benzene rings is 2. The van der Waals surface area contributed by atoms with Crippen molar-refractivity contribution in [3.63, 3.8) is 0 Å². The number of aromatic nitrogens is 3. The Morgan fingerprint density at radius 1 is 0.975 bits per heavy atom. The summed E-state index contributed by atoms with van der Waals surface area (Å²) < 4.78 is 1.61. The molecule has 0 unspecified atom stereocenters. The lowest BCUT2D eigenvalue weighted by Crippen LogP contribution is -2.35. The van der Waals surface area contributed by atoms with Crippen molar-refractivity contribution < 1.29 is 14.4 Å². The van der Waals surface area contributed by atoms with Crippen molar-refractivity contribution in [2.45, 2.75) is 25.7 Å². The molecule has 202 valence electrons. The van der Waals surface area contributed by atoms with Crippen LogP contribution in [0.15, 0.2) is 66.4 Å². The zero-order valence-corrected chi connectivity index (χ0v) is 22.2. The maximum atomic E-state index is 13.1. The van der Waals surface area contributed by atoms with Gasteiger partial charge in [0.05, 0.1) is 12.6 Å². The first-order valence-electron chi connectivity index (χ1n) is 13.1. The van der Waals surface area contributed by atoms with Crippen molar-refractivity contribution in [2.24, 2.45) is 0 Å². The summed E-state index contributed by atoms with van der Waals surface area (Å²) in [4.78, 5) is 43.6. The van der Waals surface area contributed by atoms with Gasteiger partial charge in [0.2, 0.25) is 5.91 Å². The van der Waals surface area contributed by atoms with Crippen LogP contribution in [0.5, 0.6) is 0 Å². The number of amides is 3. The lowest BCUT2D eigenvalue weighted by molar-refractivity contribution is -0.124. The summed E-state index contributed by atoms with van der Waals surface area (Å²) in [5.41, 5.74) is 3.44. The topological polar surface area (TPSA) is 121 Å². The molecule has 2 aliphatic rings. The molecule has 4 aromatic rings. The minimum absolute atomic E-state index is 0.000422. The molecular weight excluding hydrogens is 530 g/mol. The summed E-state index contributed by atoms with van der Waals surface area (Å²) in [6, 6.07) is 16.4. The Morgan fingerprint density at radius 2 is 1.75 bits per heavy atom. The van der Waals surface area contributed by atoms with Gasteiger partial charge in [-0.3, -0.25) is 19.7 Å². The van der Waals surface area contributed by atoms with Crippen LogP contribution in [0.1, 0.15) is 41.6 Å². The number of rotatable bonds is 6. The average molecular weight is 556 g/mol. The molecule has 4 heterocycles. The Morgan fingerprint density at radius 3 is 2.50 bits per heavy atom. The molecule has 0 radical (unpaired) electrons. The van der Waals surface area contributed by atoms with Crippen LogP contribution >= 0.6 is 11.6 Å². The van der Waals surface area contributed by atoms with Gasteiger partial charge in [-0.05, 0) is 61.7 Å². The van der Waals surface area contributed by atoms with Gasteiger partial charge in [-0.25, -0.2) is 4.98 Å². The molecule has 40 heavy (non-hydrogen) atoms. The zero-order valence-electron chi connectivity index (χ0n) is 21.5. The first-order valence-corrected chi connectivity index (χ1v) is 13.4. The molecule has 10 nitrogen and oxygen atoms in total. The minimum atomic E-state index is -0.425. The van der Waals surface area contributed by atoms with Crippen molar-refractivity contribution in [3.05, 3.63) is 82.5 Å². The van der Waals surface area contributed by atoms with Gasteiger partial charge in [-0.1, -0.05) is 23.7 Å². The fraction of sp³-hybridized carbons (Fsp3) is 0.207. The average Bonchev–Trinajstić information content (AvgIpc) is 3.50. The van der Waals surface area contributed by atoms with E-state index in [1.54, 1.807) is 35.0 Å². The molecule has 2 fully saturated rings. The van der Waals surface area contributed by atoms with Crippen molar-refractivity contribution in [3.8, 4) is 0 Å². The second kappa shape index (κ2) is 10.8. The van der Waals surface area contributed by atoms with Gasteiger partial charge in [-0.2, -0.15) is 9.61 Å². The Kier molecular flexibility index (Phi) is 6.91. The van der Waals surface area contributed by atoms with E-state index in [4.69, 9.17) is 16.6 Å². The minimum Gasteiger partial charge on any atom is -0.340 e. The molecule has 0 atom stereocenters. The van der Waals surface area contributed by atoms with Gasteiger partial charge in [0.1, 0.15) is 11.6 Å².